The van der Waals surface area contributed by atoms with Gasteiger partial charge in [0, 0.05) is 43.6 Å². The average Bonchev–Trinajstić information content (AvgIpc) is 1.21. The van der Waals surface area contributed by atoms with Gasteiger partial charge in [-0.3, -0.25) is 0 Å². The second kappa shape index (κ2) is 6.55. The monoisotopic (exact) mass is 235 g/mol. The molecule has 0 spiro atoms. The molecule has 0 aliphatic carbocycles. The van der Waals surface area contributed by atoms with Gasteiger partial charge in [-0.15, -0.1) is 0 Å². The first kappa shape index (κ1) is 17.1. The Morgan fingerprint density at radius 2 is 1.70 bits per heavy atom. The number of hydrogen-bond donors (Lipinski definition) is 1. The molecule has 0 heterocycles. The molecule has 0 saturated carbocycles. The zero-order valence-corrected chi connectivity index (χ0v) is 10.2. The molecule has 0 aromatic heterocycles. The Kier molecular flexibility index (Phi) is 11.2. The first-order valence-electron chi connectivity index (χ1n) is 2.44. The third-order valence-electron chi connectivity index (χ3n) is 0.610. The summed E-state index contributed by atoms with van der Waals surface area (Å²) in [5, 5.41) is 8.23. The smallest absolute Gasteiger partial charge is 0.359 e. The number of rotatable bonds is 2. The second-order valence-electron chi connectivity index (χ2n) is 2.84. The summed E-state index contributed by atoms with van der Waals surface area (Å²) in [4.78, 5) is 10.00. The predicted octanol–water partition coefficient (Wildman–Crippen LogP) is -0.606. The van der Waals surface area contributed by atoms with Crippen LogP contribution in [-0.4, -0.2) is 60.6 Å². The molecule has 0 atom stereocenters. The normalized spacial score (nSPS) is 9.10. The molecule has 0 amide bonds. The predicted molar refractivity (Wildman–Crippen MR) is 36.3 cm³/mol. The molecular weight excluding hydrogens is 224 g/mol. The molecule has 3 radical (unpaired) electrons. The summed E-state index contributed by atoms with van der Waals surface area (Å²) in [6, 6.07) is 0. The van der Waals surface area contributed by atoms with Crippen molar-refractivity contribution >= 4 is 23.3 Å². The van der Waals surface area contributed by atoms with Crippen molar-refractivity contribution in [1.82, 2.24) is 0 Å². The summed E-state index contributed by atoms with van der Waals surface area (Å²) in [5.41, 5.74) is 0. The van der Waals surface area contributed by atoms with E-state index in [1.165, 1.54) is 0 Å². The Morgan fingerprint density at radius 1 is 1.40 bits per heavy atom. The number of nitrogens with zero attached hydrogens (tertiary/aromatic N) is 1. The van der Waals surface area contributed by atoms with Crippen molar-refractivity contribution in [3.63, 3.8) is 0 Å². The van der Waals surface area contributed by atoms with Crippen molar-refractivity contribution in [2.75, 3.05) is 27.7 Å². The number of carbonyl (C=O) groups is 1. The van der Waals surface area contributed by atoms with Gasteiger partial charge in [-0.05, 0) is 0 Å². The average molecular weight is 236 g/mol. The van der Waals surface area contributed by atoms with E-state index in [1.54, 1.807) is 0 Å². The summed E-state index contributed by atoms with van der Waals surface area (Å²) in [5.74, 6) is -0.752. The molecular formula is C5H12AlNO2Zr+. The Balaban J connectivity index is -0.000000245. The maximum absolute atomic E-state index is 10.00. The summed E-state index contributed by atoms with van der Waals surface area (Å²) >= 11 is 0. The fourth-order valence-electron chi connectivity index (χ4n) is 0.406. The van der Waals surface area contributed by atoms with Crippen LogP contribution in [0.25, 0.3) is 0 Å². The number of hydrogen-bond acceptors (Lipinski definition) is 1. The van der Waals surface area contributed by atoms with E-state index in [9.17, 15) is 4.79 Å². The van der Waals surface area contributed by atoms with E-state index in [0.717, 1.165) is 0 Å². The van der Waals surface area contributed by atoms with Gasteiger partial charge in [0.2, 0.25) is 0 Å². The molecule has 3 nitrogen and oxygen atoms in total. The molecule has 5 heteroatoms. The van der Waals surface area contributed by atoms with Crippen LogP contribution in [0.3, 0.4) is 0 Å². The van der Waals surface area contributed by atoms with Crippen molar-refractivity contribution in [2.24, 2.45) is 0 Å². The maximum atomic E-state index is 10.00. The molecule has 0 saturated heterocycles. The first-order chi connectivity index (χ1) is 3.42. The van der Waals surface area contributed by atoms with Gasteiger partial charge in [0.1, 0.15) is 0 Å². The third kappa shape index (κ3) is 15.9. The largest absolute Gasteiger partial charge is 0.477 e. The van der Waals surface area contributed by atoms with Crippen LogP contribution < -0.4 is 0 Å². The topological polar surface area (TPSA) is 37.3 Å². The Labute approximate surface area is 91.2 Å². The Morgan fingerprint density at radius 3 is 1.70 bits per heavy atom. The van der Waals surface area contributed by atoms with Crippen LogP contribution >= 0.6 is 0 Å². The number of likely N-dealkylation sites (N-methyl/N-ethyl adjacent to an activating group) is 1. The third-order valence-corrected chi connectivity index (χ3v) is 0.610. The van der Waals surface area contributed by atoms with Crippen molar-refractivity contribution < 1.29 is 40.6 Å². The van der Waals surface area contributed by atoms with Crippen molar-refractivity contribution in [3.8, 4) is 0 Å². The summed E-state index contributed by atoms with van der Waals surface area (Å²) < 4.78 is 0.481. The molecule has 1 N–H and O–H groups in total. The van der Waals surface area contributed by atoms with Gasteiger partial charge in [0.15, 0.2) is 6.54 Å². The molecule has 0 aromatic carbocycles. The Bertz CT molecular complexity index is 102. The van der Waals surface area contributed by atoms with Crippen LogP contribution in [0.2, 0.25) is 0 Å². The molecule has 0 aliphatic heterocycles. The number of carboxylic acids is 1. The van der Waals surface area contributed by atoms with E-state index >= 15 is 0 Å². The van der Waals surface area contributed by atoms with Crippen LogP contribution in [0, 0.1) is 0 Å². The summed E-state index contributed by atoms with van der Waals surface area (Å²) in [7, 11) is 5.52. The number of aliphatic carboxylic acids is 1. The van der Waals surface area contributed by atoms with Crippen LogP contribution in [0.5, 0.6) is 0 Å². The molecule has 0 rings (SSSR count). The van der Waals surface area contributed by atoms with Gasteiger partial charge in [0.25, 0.3) is 0 Å². The Hall–Kier alpha value is 0.846. The van der Waals surface area contributed by atoms with Crippen molar-refractivity contribution in [1.29, 1.82) is 0 Å². The van der Waals surface area contributed by atoms with Gasteiger partial charge in [-0.1, -0.05) is 0 Å². The van der Waals surface area contributed by atoms with E-state index in [-0.39, 0.29) is 50.1 Å². The molecule has 0 unspecified atom stereocenters. The van der Waals surface area contributed by atoms with Gasteiger partial charge in [0.05, 0.1) is 21.1 Å². The maximum Gasteiger partial charge on any atom is 0.359 e. The number of quaternary nitrogens is 1. The van der Waals surface area contributed by atoms with Gasteiger partial charge < -0.3 is 9.59 Å². The van der Waals surface area contributed by atoms with E-state index in [0.29, 0.717) is 4.48 Å². The van der Waals surface area contributed by atoms with E-state index in [1.807, 2.05) is 21.1 Å². The number of carboxylic acid groups (broad SMARTS) is 1. The van der Waals surface area contributed by atoms with E-state index in [4.69, 9.17) is 5.11 Å². The molecule has 0 bridgehead atoms. The molecule has 0 aliphatic rings. The zero-order chi connectivity index (χ0) is 6.78. The fraction of sp³-hybridized carbons (Fsp3) is 0.800. The van der Waals surface area contributed by atoms with Crippen LogP contribution in [0.1, 0.15) is 0 Å². The van der Waals surface area contributed by atoms with Crippen LogP contribution in [-0.2, 0) is 31.0 Å². The SMILES string of the molecule is C[N+](C)(C)CC(=O)O.[Al].[Zr]. The van der Waals surface area contributed by atoms with Gasteiger partial charge >= 0.3 is 5.97 Å². The first-order valence-corrected chi connectivity index (χ1v) is 2.44. The van der Waals surface area contributed by atoms with Crippen LogP contribution in [0.15, 0.2) is 0 Å². The van der Waals surface area contributed by atoms with Crippen molar-refractivity contribution in [3.05, 3.63) is 0 Å². The molecule has 0 fully saturated rings. The van der Waals surface area contributed by atoms with Crippen LogP contribution in [0.4, 0.5) is 0 Å². The molecule has 55 valence electrons. The van der Waals surface area contributed by atoms with Crippen molar-refractivity contribution in [2.45, 2.75) is 0 Å². The zero-order valence-electron chi connectivity index (χ0n) is 6.59. The molecule has 10 heavy (non-hydrogen) atoms. The van der Waals surface area contributed by atoms with E-state index in [2.05, 4.69) is 0 Å². The minimum absolute atomic E-state index is 0. The summed E-state index contributed by atoms with van der Waals surface area (Å²) in [6.07, 6.45) is 0. The minimum Gasteiger partial charge on any atom is -0.477 e. The molecule has 0 aromatic rings. The second-order valence-corrected chi connectivity index (χ2v) is 2.84. The van der Waals surface area contributed by atoms with E-state index < -0.39 is 5.97 Å². The fourth-order valence-corrected chi connectivity index (χ4v) is 0.406. The summed E-state index contributed by atoms with van der Waals surface area (Å²) in [6.45, 7) is 0.181. The van der Waals surface area contributed by atoms with Gasteiger partial charge in [-0.25, -0.2) is 4.79 Å². The minimum atomic E-state index is -0.752. The standard InChI is InChI=1S/C5H11NO2.Al.Zr/c1-6(2,3)4-5(7)8;;/h4H2,1-3H3;;/p+1. The van der Waals surface area contributed by atoms with Gasteiger partial charge in [-0.2, -0.15) is 0 Å². The quantitative estimate of drug-likeness (QED) is 0.513.